The second-order valence-corrected chi connectivity index (χ2v) is 7.78. The van der Waals surface area contributed by atoms with Gasteiger partial charge in [-0.3, -0.25) is 0 Å². The van der Waals surface area contributed by atoms with Gasteiger partial charge in [0.15, 0.2) is 0 Å². The van der Waals surface area contributed by atoms with Gasteiger partial charge in [-0.15, -0.1) is 0 Å². The average Bonchev–Trinajstić information content (AvgIpc) is 3.07. The Labute approximate surface area is 164 Å². The monoisotopic (exact) mass is 387 g/mol. The molecule has 0 bridgehead atoms. The lowest BCUT2D eigenvalue weighted by Crippen LogP contribution is -2.41. The standard InChI is InChI=1S/C20H26ClN5O/c1-22-19(27)23-10-13-25-11-5-12-26-18(25)14-17(24-26)20(8-4-9-20)15-6-2-3-7-16(15)21/h2-3,6-7,14H,4-5,8-13H2,1H3,(H2,22,23,27). The van der Waals surface area contributed by atoms with Gasteiger partial charge in [0.25, 0.3) is 0 Å². The highest BCUT2D eigenvalue weighted by atomic mass is 35.5. The number of nitrogens with one attached hydrogen (secondary N) is 2. The van der Waals surface area contributed by atoms with Crippen LogP contribution in [0.1, 0.15) is 36.9 Å². The maximum atomic E-state index is 11.4. The number of nitrogens with zero attached hydrogens (tertiary/aromatic N) is 3. The molecule has 6 nitrogen and oxygen atoms in total. The molecule has 1 aliphatic heterocycles. The zero-order valence-electron chi connectivity index (χ0n) is 15.7. The molecular weight excluding hydrogens is 362 g/mol. The van der Waals surface area contributed by atoms with Crippen molar-refractivity contribution in [3.63, 3.8) is 0 Å². The van der Waals surface area contributed by atoms with Crippen LogP contribution in [-0.4, -0.2) is 42.5 Å². The molecule has 2 N–H and O–H groups in total. The highest BCUT2D eigenvalue weighted by molar-refractivity contribution is 6.31. The Balaban J connectivity index is 1.59. The van der Waals surface area contributed by atoms with E-state index in [4.69, 9.17) is 16.7 Å². The number of aromatic nitrogens is 2. The van der Waals surface area contributed by atoms with Gasteiger partial charge in [-0.1, -0.05) is 36.2 Å². The molecule has 0 radical (unpaired) electrons. The summed E-state index contributed by atoms with van der Waals surface area (Å²) in [4.78, 5) is 13.7. The van der Waals surface area contributed by atoms with Gasteiger partial charge in [-0.05, 0) is 30.9 Å². The van der Waals surface area contributed by atoms with Gasteiger partial charge in [-0.2, -0.15) is 5.10 Å². The number of carbonyl (C=O) groups is 1. The fourth-order valence-corrected chi connectivity index (χ4v) is 4.56. The molecule has 27 heavy (non-hydrogen) atoms. The molecule has 1 fully saturated rings. The first-order valence-corrected chi connectivity index (χ1v) is 10.1. The third-order valence-electron chi connectivity index (χ3n) is 5.86. The molecule has 1 aromatic heterocycles. The summed E-state index contributed by atoms with van der Waals surface area (Å²) < 4.78 is 2.12. The SMILES string of the molecule is CNC(=O)NCCN1CCCn2nc(C3(c4ccccc4Cl)CCC3)cc21. The summed E-state index contributed by atoms with van der Waals surface area (Å²) in [5.74, 6) is 1.15. The van der Waals surface area contributed by atoms with Gasteiger partial charge >= 0.3 is 6.03 Å². The maximum absolute atomic E-state index is 11.4. The number of aryl methyl sites for hydroxylation is 1. The predicted octanol–water partition coefficient (Wildman–Crippen LogP) is 3.15. The number of amides is 2. The molecule has 2 amide bonds. The summed E-state index contributed by atoms with van der Waals surface area (Å²) in [6.07, 6.45) is 4.44. The number of benzene rings is 1. The summed E-state index contributed by atoms with van der Waals surface area (Å²) in [5, 5.41) is 11.3. The van der Waals surface area contributed by atoms with E-state index in [1.807, 2.05) is 12.1 Å². The molecular formula is C20H26ClN5O. The van der Waals surface area contributed by atoms with Crippen LogP contribution in [0.5, 0.6) is 0 Å². The van der Waals surface area contributed by atoms with Crippen LogP contribution in [0.2, 0.25) is 5.02 Å². The smallest absolute Gasteiger partial charge is 0.314 e. The van der Waals surface area contributed by atoms with Crippen LogP contribution in [-0.2, 0) is 12.0 Å². The molecule has 1 aliphatic carbocycles. The highest BCUT2D eigenvalue weighted by Crippen LogP contribution is 2.51. The molecule has 144 valence electrons. The van der Waals surface area contributed by atoms with Crippen molar-refractivity contribution in [2.75, 3.05) is 31.6 Å². The molecule has 2 aromatic rings. The molecule has 0 unspecified atom stereocenters. The maximum Gasteiger partial charge on any atom is 0.314 e. The van der Waals surface area contributed by atoms with Crippen LogP contribution in [0.4, 0.5) is 10.6 Å². The van der Waals surface area contributed by atoms with Crippen molar-refractivity contribution in [1.82, 2.24) is 20.4 Å². The van der Waals surface area contributed by atoms with Crippen molar-refractivity contribution < 1.29 is 4.79 Å². The molecule has 0 atom stereocenters. The fourth-order valence-electron chi connectivity index (χ4n) is 4.25. The first-order chi connectivity index (χ1) is 13.1. The minimum atomic E-state index is -0.145. The lowest BCUT2D eigenvalue weighted by atomic mass is 9.62. The van der Waals surface area contributed by atoms with Crippen LogP contribution >= 0.6 is 11.6 Å². The Kier molecular flexibility index (Phi) is 5.00. The number of urea groups is 1. The number of hydrogen-bond acceptors (Lipinski definition) is 3. The Morgan fingerprint density at radius 3 is 2.78 bits per heavy atom. The Hall–Kier alpha value is -2.21. The topological polar surface area (TPSA) is 62.2 Å². The third kappa shape index (κ3) is 3.27. The first-order valence-electron chi connectivity index (χ1n) is 9.68. The van der Waals surface area contributed by atoms with E-state index in [2.05, 4.69) is 38.4 Å². The molecule has 2 aliphatic rings. The normalized spacial score (nSPS) is 17.8. The van der Waals surface area contributed by atoms with Gasteiger partial charge < -0.3 is 15.5 Å². The number of fused-ring (bicyclic) bond motifs is 1. The second-order valence-electron chi connectivity index (χ2n) is 7.37. The van der Waals surface area contributed by atoms with E-state index in [-0.39, 0.29) is 11.4 Å². The average molecular weight is 388 g/mol. The van der Waals surface area contributed by atoms with Crippen LogP contribution in [0.3, 0.4) is 0 Å². The summed E-state index contributed by atoms with van der Waals surface area (Å²) in [5.41, 5.74) is 2.26. The molecule has 4 rings (SSSR count). The molecule has 0 spiro atoms. The van der Waals surface area contributed by atoms with Crippen molar-refractivity contribution >= 4 is 23.4 Å². The van der Waals surface area contributed by atoms with Gasteiger partial charge in [0.2, 0.25) is 0 Å². The van der Waals surface area contributed by atoms with Crippen LogP contribution in [0.25, 0.3) is 0 Å². The lowest BCUT2D eigenvalue weighted by Gasteiger charge is -2.41. The van der Waals surface area contributed by atoms with Gasteiger partial charge in [0.05, 0.1) is 5.69 Å². The van der Waals surface area contributed by atoms with Crippen molar-refractivity contribution in [2.24, 2.45) is 0 Å². The fraction of sp³-hybridized carbons (Fsp3) is 0.500. The zero-order valence-corrected chi connectivity index (χ0v) is 16.4. The Morgan fingerprint density at radius 1 is 1.26 bits per heavy atom. The summed E-state index contributed by atoms with van der Waals surface area (Å²) in [6.45, 7) is 3.31. The number of anilines is 1. The first kappa shape index (κ1) is 18.2. The number of rotatable bonds is 5. The van der Waals surface area contributed by atoms with E-state index in [9.17, 15) is 4.79 Å². The van der Waals surface area contributed by atoms with Crippen molar-refractivity contribution in [2.45, 2.75) is 37.6 Å². The third-order valence-corrected chi connectivity index (χ3v) is 6.19. The summed E-state index contributed by atoms with van der Waals surface area (Å²) >= 11 is 6.55. The van der Waals surface area contributed by atoms with Gasteiger partial charge in [-0.25, -0.2) is 9.48 Å². The van der Waals surface area contributed by atoms with Crippen molar-refractivity contribution in [1.29, 1.82) is 0 Å². The zero-order chi connectivity index (χ0) is 18.9. The van der Waals surface area contributed by atoms with E-state index in [0.29, 0.717) is 6.54 Å². The molecule has 1 saturated carbocycles. The number of hydrogen-bond donors (Lipinski definition) is 2. The molecule has 2 heterocycles. The Bertz CT molecular complexity index is 830. The Morgan fingerprint density at radius 2 is 2.07 bits per heavy atom. The second kappa shape index (κ2) is 7.43. The van der Waals surface area contributed by atoms with Gasteiger partial charge in [0.1, 0.15) is 5.82 Å². The summed E-state index contributed by atoms with van der Waals surface area (Å²) in [6, 6.07) is 10.3. The van der Waals surface area contributed by atoms with E-state index in [1.165, 1.54) is 12.0 Å². The largest absolute Gasteiger partial charge is 0.355 e. The number of halogens is 1. The minimum Gasteiger partial charge on any atom is -0.355 e. The van der Waals surface area contributed by atoms with Crippen LogP contribution in [0, 0.1) is 0 Å². The quantitative estimate of drug-likeness (QED) is 0.828. The molecule has 0 saturated heterocycles. The van der Waals surface area contributed by atoms with E-state index in [0.717, 1.165) is 55.4 Å². The van der Waals surface area contributed by atoms with Crippen molar-refractivity contribution in [3.05, 3.63) is 46.6 Å². The molecule has 1 aromatic carbocycles. The molecule has 7 heteroatoms. The van der Waals surface area contributed by atoms with E-state index < -0.39 is 0 Å². The number of carbonyl (C=O) groups excluding carboxylic acids is 1. The minimum absolute atomic E-state index is 0.0608. The van der Waals surface area contributed by atoms with Gasteiger partial charge in [0, 0.05) is 49.7 Å². The summed E-state index contributed by atoms with van der Waals surface area (Å²) in [7, 11) is 1.63. The van der Waals surface area contributed by atoms with E-state index >= 15 is 0 Å². The lowest BCUT2D eigenvalue weighted by molar-refractivity contribution is 0.243. The highest BCUT2D eigenvalue weighted by Gasteiger charge is 2.44. The van der Waals surface area contributed by atoms with E-state index in [1.54, 1.807) is 7.05 Å². The van der Waals surface area contributed by atoms with Crippen LogP contribution < -0.4 is 15.5 Å². The van der Waals surface area contributed by atoms with Crippen molar-refractivity contribution in [3.8, 4) is 0 Å². The van der Waals surface area contributed by atoms with Crippen LogP contribution in [0.15, 0.2) is 30.3 Å². The predicted molar refractivity (Wildman–Crippen MR) is 108 cm³/mol.